The number of fused-ring (bicyclic) bond motifs is 1. The number of ketones is 1. The number of hydrogen-bond donors (Lipinski definition) is 3. The Labute approximate surface area is 231 Å². The SMILES string of the molecule is CC(C)(C)[C@H](NC(=O)C(F)(F)F)C(=O)N1C[C@@H]2COC[C@@H]2[C@H]1C(=O)N[C@@H](C[C@@H]1CCNC1=O)C(=O)COC(F)(F)F. The molecule has 0 spiro atoms. The second kappa shape index (κ2) is 12.1. The van der Waals surface area contributed by atoms with Gasteiger partial charge in [-0.25, -0.2) is 0 Å². The summed E-state index contributed by atoms with van der Waals surface area (Å²) in [7, 11) is 0. The summed E-state index contributed by atoms with van der Waals surface area (Å²) in [5, 5.41) is 6.58. The van der Waals surface area contributed by atoms with Crippen LogP contribution in [0.5, 0.6) is 0 Å². The second-order valence-corrected chi connectivity index (χ2v) is 11.4. The van der Waals surface area contributed by atoms with Gasteiger partial charge in [-0.2, -0.15) is 13.2 Å². The zero-order chi connectivity index (χ0) is 30.9. The molecule has 17 heteroatoms. The lowest BCUT2D eigenvalue weighted by molar-refractivity contribution is -0.321. The highest BCUT2D eigenvalue weighted by Gasteiger charge is 2.54. The molecule has 3 aliphatic rings. The monoisotopic (exact) mass is 602 g/mol. The molecule has 3 N–H and O–H groups in total. The Hall–Kier alpha value is -2.95. The Kier molecular flexibility index (Phi) is 9.62. The first-order valence-electron chi connectivity index (χ1n) is 12.9. The number of likely N-dealkylation sites (tertiary alicyclic amines) is 1. The van der Waals surface area contributed by atoms with Gasteiger partial charge in [0.2, 0.25) is 17.7 Å². The van der Waals surface area contributed by atoms with Gasteiger partial charge in [0.25, 0.3) is 0 Å². The Morgan fingerprint density at radius 3 is 2.27 bits per heavy atom. The van der Waals surface area contributed by atoms with E-state index in [-0.39, 0.29) is 39.1 Å². The number of nitrogens with one attached hydrogen (secondary N) is 3. The summed E-state index contributed by atoms with van der Waals surface area (Å²) in [5.41, 5.74) is -1.23. The molecule has 41 heavy (non-hydrogen) atoms. The minimum Gasteiger partial charge on any atom is -0.381 e. The molecule has 0 bridgehead atoms. The van der Waals surface area contributed by atoms with Gasteiger partial charge >= 0.3 is 18.4 Å². The largest absolute Gasteiger partial charge is 0.522 e. The van der Waals surface area contributed by atoms with Gasteiger partial charge in [0.05, 0.1) is 19.3 Å². The summed E-state index contributed by atoms with van der Waals surface area (Å²) in [6.45, 7) is 3.08. The minimum absolute atomic E-state index is 0.0115. The third-order valence-electron chi connectivity index (χ3n) is 7.38. The standard InChI is InChI=1S/C24H32F6N4O7/c1-22(2,3)17(33-21(39)23(25,26)27)20(38)34-7-12-8-40-9-13(12)16(34)19(37)32-14(6-11-4-5-31-18(11)36)15(35)10-41-24(28,29)30/h11-14,16-17H,4-10H2,1-3H3,(H,31,36)(H,32,37)(H,33,39)/t11-,12+,13-,14-,16-,17+/m0/s1. The summed E-state index contributed by atoms with van der Waals surface area (Å²) in [6, 6.07) is -4.68. The second-order valence-electron chi connectivity index (χ2n) is 11.4. The fourth-order valence-corrected chi connectivity index (χ4v) is 5.28. The van der Waals surface area contributed by atoms with Gasteiger partial charge in [-0.1, -0.05) is 20.8 Å². The van der Waals surface area contributed by atoms with Crippen molar-refractivity contribution in [3.05, 3.63) is 0 Å². The Morgan fingerprint density at radius 2 is 1.73 bits per heavy atom. The van der Waals surface area contributed by atoms with E-state index < -0.39 is 89.9 Å². The molecular weight excluding hydrogens is 570 g/mol. The van der Waals surface area contributed by atoms with Crippen molar-refractivity contribution in [1.29, 1.82) is 0 Å². The van der Waals surface area contributed by atoms with Crippen molar-refractivity contribution in [2.24, 2.45) is 23.2 Å². The molecule has 6 atom stereocenters. The zero-order valence-electron chi connectivity index (χ0n) is 22.5. The van der Waals surface area contributed by atoms with E-state index in [1.54, 1.807) is 5.32 Å². The number of hydrogen-bond acceptors (Lipinski definition) is 7. The van der Waals surface area contributed by atoms with E-state index in [0.717, 1.165) is 4.90 Å². The van der Waals surface area contributed by atoms with Gasteiger partial charge in [-0.05, 0) is 18.3 Å². The Bertz CT molecular complexity index is 1040. The molecule has 0 aromatic heterocycles. The van der Waals surface area contributed by atoms with Crippen LogP contribution in [-0.4, -0.2) is 97.9 Å². The van der Waals surface area contributed by atoms with Gasteiger partial charge in [-0.15, -0.1) is 13.2 Å². The lowest BCUT2D eigenvalue weighted by Gasteiger charge is -2.36. The van der Waals surface area contributed by atoms with Gasteiger partial charge < -0.3 is 25.6 Å². The molecular formula is C24H32F6N4O7. The molecule has 3 rings (SSSR count). The molecule has 0 unspecified atom stereocenters. The number of carbonyl (C=O) groups is 5. The van der Waals surface area contributed by atoms with E-state index in [2.05, 4.69) is 15.4 Å². The van der Waals surface area contributed by atoms with Crippen molar-refractivity contribution < 1.29 is 59.8 Å². The lowest BCUT2D eigenvalue weighted by atomic mass is 9.85. The van der Waals surface area contributed by atoms with E-state index >= 15 is 0 Å². The molecule has 11 nitrogen and oxygen atoms in total. The normalized spacial score (nSPS) is 26.3. The smallest absolute Gasteiger partial charge is 0.381 e. The van der Waals surface area contributed by atoms with Crippen LogP contribution in [0.25, 0.3) is 0 Å². The first-order valence-corrected chi connectivity index (χ1v) is 12.9. The highest BCUT2D eigenvalue weighted by Crippen LogP contribution is 2.37. The minimum atomic E-state index is -5.28. The van der Waals surface area contributed by atoms with Gasteiger partial charge in [-0.3, -0.25) is 28.7 Å². The van der Waals surface area contributed by atoms with Crippen LogP contribution in [-0.2, 0) is 33.4 Å². The number of nitrogens with zero attached hydrogens (tertiary/aromatic N) is 1. The molecule has 0 aromatic rings. The predicted molar refractivity (Wildman–Crippen MR) is 125 cm³/mol. The first-order chi connectivity index (χ1) is 18.8. The van der Waals surface area contributed by atoms with Gasteiger partial charge in [0.15, 0.2) is 5.78 Å². The number of amides is 4. The molecule has 232 valence electrons. The highest BCUT2D eigenvalue weighted by molar-refractivity contribution is 5.96. The third kappa shape index (κ3) is 8.08. The summed E-state index contributed by atoms with van der Waals surface area (Å²) >= 11 is 0. The molecule has 0 aliphatic carbocycles. The van der Waals surface area contributed by atoms with Crippen molar-refractivity contribution >= 4 is 29.4 Å². The number of halogens is 6. The number of rotatable bonds is 9. The maximum Gasteiger partial charge on any atom is 0.522 e. The van der Waals surface area contributed by atoms with Crippen LogP contribution in [0, 0.1) is 23.2 Å². The van der Waals surface area contributed by atoms with Crippen LogP contribution >= 0.6 is 0 Å². The lowest BCUT2D eigenvalue weighted by Crippen LogP contribution is -2.61. The summed E-state index contributed by atoms with van der Waals surface area (Å²) in [5.74, 6) is -7.76. The van der Waals surface area contributed by atoms with Crippen molar-refractivity contribution in [3.63, 3.8) is 0 Å². The zero-order valence-corrected chi connectivity index (χ0v) is 22.5. The maximum absolute atomic E-state index is 13.6. The molecule has 0 aromatic carbocycles. The van der Waals surface area contributed by atoms with Crippen LogP contribution in [0.3, 0.4) is 0 Å². The summed E-state index contributed by atoms with van der Waals surface area (Å²) < 4.78 is 85.9. The van der Waals surface area contributed by atoms with Gasteiger partial charge in [0.1, 0.15) is 18.7 Å². The molecule has 0 radical (unpaired) electrons. The van der Waals surface area contributed by atoms with Crippen LogP contribution in [0.1, 0.15) is 33.6 Å². The Morgan fingerprint density at radius 1 is 1.07 bits per heavy atom. The molecule has 3 fully saturated rings. The van der Waals surface area contributed by atoms with Crippen molar-refractivity contribution in [2.45, 2.75) is 64.3 Å². The fraction of sp³-hybridized carbons (Fsp3) is 0.792. The molecule has 0 saturated carbocycles. The van der Waals surface area contributed by atoms with Crippen LogP contribution < -0.4 is 16.0 Å². The number of ether oxygens (including phenoxy) is 2. The van der Waals surface area contributed by atoms with E-state index in [0.29, 0.717) is 0 Å². The molecule has 4 amide bonds. The van der Waals surface area contributed by atoms with E-state index in [4.69, 9.17) is 4.74 Å². The average molecular weight is 603 g/mol. The number of alkyl halides is 6. The maximum atomic E-state index is 13.6. The predicted octanol–water partition coefficient (Wildman–Crippen LogP) is 0.670. The topological polar surface area (TPSA) is 143 Å². The van der Waals surface area contributed by atoms with Crippen LogP contribution in [0.4, 0.5) is 26.3 Å². The summed E-state index contributed by atoms with van der Waals surface area (Å²) in [4.78, 5) is 64.7. The van der Waals surface area contributed by atoms with Crippen LogP contribution in [0.2, 0.25) is 0 Å². The van der Waals surface area contributed by atoms with Crippen molar-refractivity contribution in [3.8, 4) is 0 Å². The number of Topliss-reactive ketones (excluding diaryl/α,β-unsaturated/α-hetero) is 1. The summed E-state index contributed by atoms with van der Waals surface area (Å²) in [6.07, 6.45) is -10.5. The fourth-order valence-electron chi connectivity index (χ4n) is 5.28. The average Bonchev–Trinajstić information content (AvgIpc) is 3.54. The molecule has 3 aliphatic heterocycles. The van der Waals surface area contributed by atoms with Crippen LogP contribution in [0.15, 0.2) is 0 Å². The third-order valence-corrected chi connectivity index (χ3v) is 7.38. The van der Waals surface area contributed by atoms with Crippen molar-refractivity contribution in [1.82, 2.24) is 20.9 Å². The Balaban J connectivity index is 1.87. The van der Waals surface area contributed by atoms with E-state index in [9.17, 15) is 50.3 Å². The highest BCUT2D eigenvalue weighted by atomic mass is 19.4. The number of carbonyl (C=O) groups excluding carboxylic acids is 5. The van der Waals surface area contributed by atoms with Crippen molar-refractivity contribution in [2.75, 3.05) is 32.9 Å². The van der Waals surface area contributed by atoms with Gasteiger partial charge in [0, 0.05) is 30.8 Å². The first kappa shape index (κ1) is 32.6. The quantitative estimate of drug-likeness (QED) is 0.330. The van der Waals surface area contributed by atoms with E-state index in [1.807, 2.05) is 0 Å². The molecule has 3 saturated heterocycles. The van der Waals surface area contributed by atoms with E-state index in [1.165, 1.54) is 20.8 Å². The molecule has 3 heterocycles.